The van der Waals surface area contributed by atoms with Crippen LogP contribution in [0.15, 0.2) is 66.7 Å². The summed E-state index contributed by atoms with van der Waals surface area (Å²) in [7, 11) is 0. The Labute approximate surface area is 144 Å². The number of nitrogens with one attached hydrogen (secondary N) is 1. The fourth-order valence-corrected chi connectivity index (χ4v) is 2.48. The maximum Gasteiger partial charge on any atom is 0.335 e. The number of hydrogen-bond donors (Lipinski definition) is 2. The molecule has 2 N–H and O–H groups in total. The minimum atomic E-state index is -1.01. The topological polar surface area (TPSA) is 75.6 Å². The molecule has 0 heterocycles. The monoisotopic (exact) mass is 335 g/mol. The van der Waals surface area contributed by atoms with E-state index in [0.29, 0.717) is 11.4 Å². The molecular formula is C20H17NO4. The average molecular weight is 335 g/mol. The first-order valence-electron chi connectivity index (χ1n) is 7.83. The van der Waals surface area contributed by atoms with E-state index >= 15 is 0 Å². The number of carbonyl (C=O) groups is 2. The zero-order valence-electron chi connectivity index (χ0n) is 13.6. The van der Waals surface area contributed by atoms with Gasteiger partial charge < -0.3 is 15.2 Å². The van der Waals surface area contributed by atoms with Crippen LogP contribution in [0, 0.1) is 0 Å². The summed E-state index contributed by atoms with van der Waals surface area (Å²) >= 11 is 0. The molecule has 126 valence electrons. The molecule has 1 atom stereocenters. The SMILES string of the molecule is CC(Oc1cccc2ccccc12)C(=O)Nc1ccc(C(=O)O)cc1. The lowest BCUT2D eigenvalue weighted by Gasteiger charge is -2.16. The third kappa shape index (κ3) is 3.77. The van der Waals surface area contributed by atoms with Gasteiger partial charge in [0.1, 0.15) is 5.75 Å². The summed E-state index contributed by atoms with van der Waals surface area (Å²) in [4.78, 5) is 23.2. The molecule has 0 aliphatic rings. The van der Waals surface area contributed by atoms with Gasteiger partial charge in [0.2, 0.25) is 0 Å². The number of aromatic carboxylic acids is 1. The first kappa shape index (κ1) is 16.5. The number of carboxylic acid groups (broad SMARTS) is 1. The zero-order chi connectivity index (χ0) is 17.8. The number of rotatable bonds is 5. The van der Waals surface area contributed by atoms with Crippen LogP contribution in [0.25, 0.3) is 10.8 Å². The van der Waals surface area contributed by atoms with Crippen LogP contribution < -0.4 is 10.1 Å². The van der Waals surface area contributed by atoms with E-state index in [1.807, 2.05) is 42.5 Å². The highest BCUT2D eigenvalue weighted by atomic mass is 16.5. The van der Waals surface area contributed by atoms with Gasteiger partial charge in [-0.2, -0.15) is 0 Å². The summed E-state index contributed by atoms with van der Waals surface area (Å²) in [5.74, 6) is -0.677. The Morgan fingerprint density at radius 1 is 0.960 bits per heavy atom. The van der Waals surface area contributed by atoms with Gasteiger partial charge in [0.25, 0.3) is 5.91 Å². The van der Waals surface area contributed by atoms with E-state index in [1.54, 1.807) is 19.1 Å². The van der Waals surface area contributed by atoms with Crippen LogP contribution in [0.1, 0.15) is 17.3 Å². The largest absolute Gasteiger partial charge is 0.480 e. The maximum absolute atomic E-state index is 12.3. The van der Waals surface area contributed by atoms with Crippen molar-refractivity contribution < 1.29 is 19.4 Å². The van der Waals surface area contributed by atoms with Crippen molar-refractivity contribution in [1.29, 1.82) is 0 Å². The van der Waals surface area contributed by atoms with Gasteiger partial charge in [-0.25, -0.2) is 4.79 Å². The second-order valence-corrected chi connectivity index (χ2v) is 5.61. The number of anilines is 1. The Morgan fingerprint density at radius 3 is 2.36 bits per heavy atom. The third-order valence-corrected chi connectivity index (χ3v) is 3.82. The van der Waals surface area contributed by atoms with E-state index in [2.05, 4.69) is 5.32 Å². The Balaban J connectivity index is 1.71. The minimum Gasteiger partial charge on any atom is -0.480 e. The van der Waals surface area contributed by atoms with Crippen LogP contribution in [0.5, 0.6) is 5.75 Å². The summed E-state index contributed by atoms with van der Waals surface area (Å²) < 4.78 is 5.82. The van der Waals surface area contributed by atoms with E-state index in [0.717, 1.165) is 10.8 Å². The lowest BCUT2D eigenvalue weighted by Crippen LogP contribution is -2.30. The molecule has 1 amide bonds. The van der Waals surface area contributed by atoms with E-state index in [-0.39, 0.29) is 11.5 Å². The summed E-state index contributed by atoms with van der Waals surface area (Å²) in [6, 6.07) is 19.5. The molecule has 3 aromatic carbocycles. The highest BCUT2D eigenvalue weighted by Crippen LogP contribution is 2.26. The first-order chi connectivity index (χ1) is 12.0. The predicted octanol–water partition coefficient (Wildman–Crippen LogP) is 3.94. The van der Waals surface area contributed by atoms with Crippen molar-refractivity contribution in [2.75, 3.05) is 5.32 Å². The first-order valence-corrected chi connectivity index (χ1v) is 7.83. The van der Waals surface area contributed by atoms with Crippen LogP contribution in [-0.4, -0.2) is 23.1 Å². The molecule has 0 aliphatic heterocycles. The molecule has 0 aromatic heterocycles. The van der Waals surface area contributed by atoms with Crippen molar-refractivity contribution >= 4 is 28.3 Å². The number of carbonyl (C=O) groups excluding carboxylic acids is 1. The van der Waals surface area contributed by atoms with Crippen LogP contribution in [-0.2, 0) is 4.79 Å². The molecule has 0 aliphatic carbocycles. The summed E-state index contributed by atoms with van der Waals surface area (Å²) in [5.41, 5.74) is 0.682. The van der Waals surface area contributed by atoms with Crippen molar-refractivity contribution in [2.24, 2.45) is 0 Å². The molecule has 1 unspecified atom stereocenters. The lowest BCUT2D eigenvalue weighted by molar-refractivity contribution is -0.122. The molecule has 0 fully saturated rings. The van der Waals surface area contributed by atoms with Gasteiger partial charge in [0.05, 0.1) is 5.56 Å². The Hall–Kier alpha value is -3.34. The number of benzene rings is 3. The van der Waals surface area contributed by atoms with E-state index in [9.17, 15) is 9.59 Å². The molecular weight excluding hydrogens is 318 g/mol. The average Bonchev–Trinajstić information content (AvgIpc) is 2.62. The van der Waals surface area contributed by atoms with Gasteiger partial charge in [0, 0.05) is 11.1 Å². The standard InChI is InChI=1S/C20H17NO4/c1-13(19(22)21-16-11-9-15(10-12-16)20(23)24)25-18-8-4-6-14-5-2-3-7-17(14)18/h2-13H,1H3,(H,21,22)(H,23,24). The Bertz CT molecular complexity index is 913. The number of hydrogen-bond acceptors (Lipinski definition) is 3. The molecule has 0 bridgehead atoms. The molecule has 0 saturated carbocycles. The number of amides is 1. The van der Waals surface area contributed by atoms with Crippen molar-refractivity contribution in [1.82, 2.24) is 0 Å². The van der Waals surface area contributed by atoms with Crippen LogP contribution >= 0.6 is 0 Å². The van der Waals surface area contributed by atoms with Gasteiger partial charge in [-0.1, -0.05) is 36.4 Å². The van der Waals surface area contributed by atoms with Crippen LogP contribution in [0.4, 0.5) is 5.69 Å². The minimum absolute atomic E-state index is 0.165. The molecule has 25 heavy (non-hydrogen) atoms. The molecule has 0 radical (unpaired) electrons. The molecule has 3 aromatic rings. The Kier molecular flexibility index (Phi) is 4.66. The fourth-order valence-electron chi connectivity index (χ4n) is 2.48. The number of fused-ring (bicyclic) bond motifs is 1. The van der Waals surface area contributed by atoms with Gasteiger partial charge in [-0.05, 0) is 42.6 Å². The smallest absolute Gasteiger partial charge is 0.335 e. The van der Waals surface area contributed by atoms with Crippen molar-refractivity contribution in [2.45, 2.75) is 13.0 Å². The van der Waals surface area contributed by atoms with Gasteiger partial charge in [-0.15, -0.1) is 0 Å². The zero-order valence-corrected chi connectivity index (χ0v) is 13.6. The number of ether oxygens (including phenoxy) is 1. The van der Waals surface area contributed by atoms with E-state index in [1.165, 1.54) is 12.1 Å². The third-order valence-electron chi connectivity index (χ3n) is 3.82. The van der Waals surface area contributed by atoms with Gasteiger partial charge in [0.15, 0.2) is 6.10 Å². The molecule has 0 saturated heterocycles. The summed E-state index contributed by atoms with van der Waals surface area (Å²) in [6.45, 7) is 1.67. The van der Waals surface area contributed by atoms with E-state index < -0.39 is 12.1 Å². The van der Waals surface area contributed by atoms with Crippen molar-refractivity contribution in [3.05, 3.63) is 72.3 Å². The molecule has 0 spiro atoms. The summed E-state index contributed by atoms with van der Waals surface area (Å²) in [6.07, 6.45) is -0.704. The molecule has 5 nitrogen and oxygen atoms in total. The van der Waals surface area contributed by atoms with Gasteiger partial charge >= 0.3 is 5.97 Å². The quantitative estimate of drug-likeness (QED) is 0.740. The van der Waals surface area contributed by atoms with Crippen molar-refractivity contribution in [3.8, 4) is 5.75 Å². The second kappa shape index (κ2) is 7.05. The van der Waals surface area contributed by atoms with Gasteiger partial charge in [-0.3, -0.25) is 4.79 Å². The fraction of sp³-hybridized carbons (Fsp3) is 0.100. The molecule has 3 rings (SSSR count). The van der Waals surface area contributed by atoms with Crippen molar-refractivity contribution in [3.63, 3.8) is 0 Å². The molecule has 5 heteroatoms. The second-order valence-electron chi connectivity index (χ2n) is 5.61. The highest BCUT2D eigenvalue weighted by Gasteiger charge is 2.16. The number of carboxylic acids is 1. The highest BCUT2D eigenvalue weighted by molar-refractivity contribution is 5.95. The van der Waals surface area contributed by atoms with Crippen LogP contribution in [0.2, 0.25) is 0 Å². The lowest BCUT2D eigenvalue weighted by atomic mass is 10.1. The van der Waals surface area contributed by atoms with E-state index in [4.69, 9.17) is 9.84 Å². The maximum atomic E-state index is 12.3. The predicted molar refractivity (Wildman–Crippen MR) is 96.1 cm³/mol. The Morgan fingerprint density at radius 2 is 1.64 bits per heavy atom. The normalized spacial score (nSPS) is 11.7. The summed E-state index contributed by atoms with van der Waals surface area (Å²) in [5, 5.41) is 13.6. The van der Waals surface area contributed by atoms with Crippen LogP contribution in [0.3, 0.4) is 0 Å².